The van der Waals surface area contributed by atoms with Gasteiger partial charge in [-0.15, -0.1) is 0 Å². The van der Waals surface area contributed by atoms with Crippen molar-refractivity contribution in [1.82, 2.24) is 10.6 Å². The molecule has 0 saturated heterocycles. The van der Waals surface area contributed by atoms with Crippen molar-refractivity contribution in [2.45, 2.75) is 20.1 Å². The van der Waals surface area contributed by atoms with E-state index in [0.29, 0.717) is 13.1 Å². The van der Waals surface area contributed by atoms with Gasteiger partial charge in [-0.05, 0) is 19.5 Å². The molecular weight excluding hydrogens is 236 g/mol. The Labute approximate surface area is 105 Å². The van der Waals surface area contributed by atoms with Crippen LogP contribution in [-0.4, -0.2) is 34.3 Å². The minimum Gasteiger partial charge on any atom is -0.504 e. The fourth-order valence-corrected chi connectivity index (χ4v) is 1.56. The lowest BCUT2D eigenvalue weighted by molar-refractivity contribution is 0.0951. The summed E-state index contributed by atoms with van der Waals surface area (Å²) in [6.45, 7) is 4.46. The van der Waals surface area contributed by atoms with Gasteiger partial charge < -0.3 is 20.6 Å². The first-order valence-electron chi connectivity index (χ1n) is 5.77. The van der Waals surface area contributed by atoms with Crippen LogP contribution in [0, 0.1) is 0 Å². The van der Waals surface area contributed by atoms with Crippen molar-refractivity contribution in [2.75, 3.05) is 13.1 Å². The predicted octanol–water partition coefficient (Wildman–Crippen LogP) is 0.448. The fraction of sp³-hybridized carbons (Fsp3) is 0.417. The molecule has 0 aliphatic carbocycles. The molecule has 0 aromatic heterocycles. The van der Waals surface area contributed by atoms with E-state index in [1.54, 1.807) is 13.8 Å². The van der Waals surface area contributed by atoms with Gasteiger partial charge in [-0.3, -0.25) is 10.1 Å². The molecular formula is C12H18N2O4. The highest BCUT2D eigenvalue weighted by molar-refractivity contribution is 5.97. The molecule has 5 N–H and O–H groups in total. The molecule has 0 bridgehead atoms. The maximum Gasteiger partial charge on any atom is 0.255 e. The third kappa shape index (κ3) is 2.91. The number of carbonyl (C=O) groups is 1. The van der Waals surface area contributed by atoms with Crippen LogP contribution in [0.4, 0.5) is 0 Å². The Morgan fingerprint density at radius 2 is 1.89 bits per heavy atom. The van der Waals surface area contributed by atoms with Gasteiger partial charge in [0.15, 0.2) is 11.5 Å². The first-order chi connectivity index (χ1) is 8.52. The molecule has 1 amide bonds. The number of aliphatic hydroxyl groups is 1. The summed E-state index contributed by atoms with van der Waals surface area (Å²) in [7, 11) is 0. The molecule has 0 aliphatic rings. The summed E-state index contributed by atoms with van der Waals surface area (Å²) in [6, 6.07) is 2.75. The molecule has 1 unspecified atom stereocenters. The number of benzene rings is 1. The Kier molecular flexibility index (Phi) is 4.94. The van der Waals surface area contributed by atoms with Crippen LogP contribution >= 0.6 is 0 Å². The molecule has 1 aromatic carbocycles. The smallest absolute Gasteiger partial charge is 0.255 e. The lowest BCUT2D eigenvalue weighted by Gasteiger charge is -2.15. The van der Waals surface area contributed by atoms with Crippen molar-refractivity contribution in [3.8, 4) is 11.5 Å². The summed E-state index contributed by atoms with van der Waals surface area (Å²) in [5.74, 6) is -1.50. The highest BCUT2D eigenvalue weighted by Crippen LogP contribution is 2.35. The molecule has 1 aromatic rings. The third-order valence-corrected chi connectivity index (χ3v) is 2.46. The number of rotatable bonds is 5. The number of phenols is 2. The van der Waals surface area contributed by atoms with Crippen molar-refractivity contribution in [1.29, 1.82) is 0 Å². The van der Waals surface area contributed by atoms with E-state index in [1.807, 2.05) is 0 Å². The zero-order valence-corrected chi connectivity index (χ0v) is 10.4. The molecule has 100 valence electrons. The van der Waals surface area contributed by atoms with Gasteiger partial charge in [-0.25, -0.2) is 0 Å². The molecule has 0 aliphatic heterocycles. The molecule has 0 heterocycles. The monoisotopic (exact) mass is 254 g/mol. The lowest BCUT2D eigenvalue weighted by Crippen LogP contribution is -2.23. The lowest BCUT2D eigenvalue weighted by atomic mass is 10.1. The maximum absolute atomic E-state index is 11.6. The number of hydrogen-bond acceptors (Lipinski definition) is 5. The van der Waals surface area contributed by atoms with Crippen molar-refractivity contribution in [3.63, 3.8) is 0 Å². The molecule has 1 atom stereocenters. The number of phenolic OH excluding ortho intramolecular Hbond substituents is 2. The summed E-state index contributed by atoms with van der Waals surface area (Å²) in [5, 5.41) is 34.4. The van der Waals surface area contributed by atoms with Gasteiger partial charge >= 0.3 is 0 Å². The second kappa shape index (κ2) is 6.23. The number of aliphatic hydroxyl groups excluding tert-OH is 1. The van der Waals surface area contributed by atoms with Gasteiger partial charge in [0.2, 0.25) is 0 Å². The number of amides is 1. The molecule has 0 radical (unpaired) electrons. The summed E-state index contributed by atoms with van der Waals surface area (Å²) >= 11 is 0. The summed E-state index contributed by atoms with van der Waals surface area (Å²) < 4.78 is 0. The summed E-state index contributed by atoms with van der Waals surface area (Å²) in [6.07, 6.45) is -1.09. The van der Waals surface area contributed by atoms with Crippen LogP contribution in [0.15, 0.2) is 12.1 Å². The Morgan fingerprint density at radius 1 is 1.22 bits per heavy atom. The average molecular weight is 254 g/mol. The van der Waals surface area contributed by atoms with E-state index in [1.165, 1.54) is 12.1 Å². The van der Waals surface area contributed by atoms with Crippen LogP contribution in [0.1, 0.15) is 36.0 Å². The van der Waals surface area contributed by atoms with Crippen LogP contribution in [0.25, 0.3) is 0 Å². The Balaban J connectivity index is 3.08. The first kappa shape index (κ1) is 14.3. The van der Waals surface area contributed by atoms with E-state index in [9.17, 15) is 20.1 Å². The number of carbonyl (C=O) groups excluding carboxylic acids is 1. The van der Waals surface area contributed by atoms with Gasteiger partial charge in [0.05, 0.1) is 5.56 Å². The van der Waals surface area contributed by atoms with Crippen LogP contribution in [0.5, 0.6) is 11.5 Å². The second-order valence-corrected chi connectivity index (χ2v) is 3.72. The molecule has 18 heavy (non-hydrogen) atoms. The van der Waals surface area contributed by atoms with Gasteiger partial charge in [0, 0.05) is 12.1 Å². The molecule has 0 spiro atoms. The maximum atomic E-state index is 11.6. The zero-order valence-electron chi connectivity index (χ0n) is 10.4. The normalized spacial score (nSPS) is 12.2. The van der Waals surface area contributed by atoms with E-state index in [0.717, 1.165) is 0 Å². The third-order valence-electron chi connectivity index (χ3n) is 2.46. The van der Waals surface area contributed by atoms with Gasteiger partial charge in [-0.2, -0.15) is 0 Å². The van der Waals surface area contributed by atoms with Crippen LogP contribution < -0.4 is 10.6 Å². The Bertz CT molecular complexity index is 434. The highest BCUT2D eigenvalue weighted by Gasteiger charge is 2.20. The van der Waals surface area contributed by atoms with E-state index in [4.69, 9.17) is 0 Å². The van der Waals surface area contributed by atoms with Crippen molar-refractivity contribution in [2.24, 2.45) is 0 Å². The predicted molar refractivity (Wildman–Crippen MR) is 66.4 cm³/mol. The minimum atomic E-state index is -1.09. The number of aromatic hydroxyl groups is 2. The standard InChI is InChI=1S/C12H18N2O4/c1-3-13-11(17)7-5-6-8(10(16)9(7)15)12(18)14-4-2/h5-6,11,13,15-17H,3-4H2,1-2H3,(H,14,18). The van der Waals surface area contributed by atoms with E-state index in [2.05, 4.69) is 10.6 Å². The van der Waals surface area contributed by atoms with Crippen LogP contribution in [-0.2, 0) is 0 Å². The summed E-state index contributed by atoms with van der Waals surface area (Å²) in [4.78, 5) is 11.6. The number of hydrogen-bond donors (Lipinski definition) is 5. The topological polar surface area (TPSA) is 102 Å². The van der Waals surface area contributed by atoms with Gasteiger partial charge in [-0.1, -0.05) is 13.0 Å². The molecule has 6 heteroatoms. The SMILES string of the molecule is CCNC(=O)c1ccc(C(O)NCC)c(O)c1O. The van der Waals surface area contributed by atoms with Crippen molar-refractivity contribution >= 4 is 5.91 Å². The van der Waals surface area contributed by atoms with Crippen molar-refractivity contribution in [3.05, 3.63) is 23.3 Å². The highest BCUT2D eigenvalue weighted by atomic mass is 16.3. The van der Waals surface area contributed by atoms with Crippen molar-refractivity contribution < 1.29 is 20.1 Å². The zero-order chi connectivity index (χ0) is 13.7. The molecule has 6 nitrogen and oxygen atoms in total. The van der Waals surface area contributed by atoms with E-state index < -0.39 is 23.6 Å². The first-order valence-corrected chi connectivity index (χ1v) is 5.77. The minimum absolute atomic E-state index is 0.0261. The molecule has 0 fully saturated rings. The Hall–Kier alpha value is -1.79. The largest absolute Gasteiger partial charge is 0.504 e. The average Bonchev–Trinajstić information content (AvgIpc) is 2.33. The second-order valence-electron chi connectivity index (χ2n) is 3.72. The fourth-order valence-electron chi connectivity index (χ4n) is 1.56. The van der Waals surface area contributed by atoms with E-state index in [-0.39, 0.29) is 11.1 Å². The number of nitrogens with one attached hydrogen (secondary N) is 2. The Morgan fingerprint density at radius 3 is 2.44 bits per heavy atom. The molecule has 0 saturated carbocycles. The van der Waals surface area contributed by atoms with Gasteiger partial charge in [0.25, 0.3) is 5.91 Å². The van der Waals surface area contributed by atoms with E-state index >= 15 is 0 Å². The van der Waals surface area contributed by atoms with Crippen LogP contribution in [0.3, 0.4) is 0 Å². The molecule has 1 rings (SSSR count). The van der Waals surface area contributed by atoms with Gasteiger partial charge in [0.1, 0.15) is 6.23 Å². The summed E-state index contributed by atoms with van der Waals surface area (Å²) in [5.41, 5.74) is 0.101. The quantitative estimate of drug-likeness (QED) is 0.388. The van der Waals surface area contributed by atoms with Crippen LogP contribution in [0.2, 0.25) is 0 Å².